The van der Waals surface area contributed by atoms with E-state index in [4.69, 9.17) is 11.6 Å². The molecule has 5 nitrogen and oxygen atoms in total. The van der Waals surface area contributed by atoms with Crippen LogP contribution in [-0.2, 0) is 0 Å². The van der Waals surface area contributed by atoms with Gasteiger partial charge in [0, 0.05) is 31.1 Å². The number of aromatic nitrogens is 2. The van der Waals surface area contributed by atoms with Crippen molar-refractivity contribution in [3.63, 3.8) is 0 Å². The molecular formula is C15H23ClN4O. The van der Waals surface area contributed by atoms with Crippen molar-refractivity contribution < 1.29 is 4.79 Å². The van der Waals surface area contributed by atoms with E-state index in [-0.39, 0.29) is 17.4 Å². The molecule has 1 fully saturated rings. The van der Waals surface area contributed by atoms with Crippen LogP contribution in [0.1, 0.15) is 49.9 Å². The molecule has 0 aliphatic carbocycles. The van der Waals surface area contributed by atoms with Crippen LogP contribution in [0.25, 0.3) is 0 Å². The van der Waals surface area contributed by atoms with E-state index in [1.54, 1.807) is 0 Å². The highest BCUT2D eigenvalue weighted by Gasteiger charge is 2.34. The predicted molar refractivity (Wildman–Crippen MR) is 83.7 cm³/mol. The second kappa shape index (κ2) is 5.89. The highest BCUT2D eigenvalue weighted by atomic mass is 35.5. The molecular weight excluding hydrogens is 288 g/mol. The molecule has 0 N–H and O–H groups in total. The molecule has 6 heteroatoms. The van der Waals surface area contributed by atoms with Gasteiger partial charge in [-0.1, -0.05) is 25.4 Å². The van der Waals surface area contributed by atoms with Crippen molar-refractivity contribution in [1.82, 2.24) is 19.8 Å². The molecule has 1 saturated heterocycles. The largest absolute Gasteiger partial charge is 0.334 e. The van der Waals surface area contributed by atoms with E-state index in [1.165, 1.54) is 6.20 Å². The maximum Gasteiger partial charge on any atom is 0.274 e. The van der Waals surface area contributed by atoms with Crippen LogP contribution in [0.15, 0.2) is 6.20 Å². The summed E-state index contributed by atoms with van der Waals surface area (Å²) in [6, 6.07) is 0. The molecule has 0 bridgehead atoms. The van der Waals surface area contributed by atoms with E-state index in [0.29, 0.717) is 29.6 Å². The Morgan fingerprint density at radius 3 is 2.62 bits per heavy atom. The topological polar surface area (TPSA) is 49.3 Å². The fraction of sp³-hybridized carbons (Fsp3) is 0.667. The molecule has 0 radical (unpaired) electrons. The van der Waals surface area contributed by atoms with Crippen LogP contribution < -0.4 is 0 Å². The molecule has 2 rings (SSSR count). The predicted octanol–water partition coefficient (Wildman–Crippen LogP) is 2.42. The molecule has 1 aliphatic heterocycles. The maximum atomic E-state index is 12.7. The van der Waals surface area contributed by atoms with Crippen LogP contribution in [0.4, 0.5) is 0 Å². The third-order valence-electron chi connectivity index (χ3n) is 4.09. The summed E-state index contributed by atoms with van der Waals surface area (Å²) in [6.07, 6.45) is 1.53. The maximum absolute atomic E-state index is 12.7. The number of hydrogen-bond acceptors (Lipinski definition) is 4. The van der Waals surface area contributed by atoms with Crippen molar-refractivity contribution in [3.05, 3.63) is 22.7 Å². The third kappa shape index (κ3) is 3.35. The SMILES string of the molecule is CC(C)c1ncc(Cl)c(C(=O)N2CCN(C)C(C)(C)C2)n1. The molecule has 1 aromatic heterocycles. The van der Waals surface area contributed by atoms with Gasteiger partial charge in [0.2, 0.25) is 0 Å². The lowest BCUT2D eigenvalue weighted by molar-refractivity contribution is 0.0307. The average molecular weight is 311 g/mol. The standard InChI is InChI=1S/C15H23ClN4O/c1-10(2)13-17-8-11(16)12(18-13)14(21)20-7-6-19(5)15(3,4)9-20/h8,10H,6-7,9H2,1-5H3. The molecule has 2 heterocycles. The molecule has 1 aromatic rings. The third-order valence-corrected chi connectivity index (χ3v) is 4.36. The van der Waals surface area contributed by atoms with E-state index in [0.717, 1.165) is 6.54 Å². The number of halogens is 1. The van der Waals surface area contributed by atoms with E-state index < -0.39 is 0 Å². The number of carbonyl (C=O) groups excluding carboxylic acids is 1. The van der Waals surface area contributed by atoms with Crippen LogP contribution >= 0.6 is 11.6 Å². The lowest BCUT2D eigenvalue weighted by atomic mass is 9.99. The van der Waals surface area contributed by atoms with E-state index in [2.05, 4.69) is 35.8 Å². The second-order valence-electron chi connectivity index (χ2n) is 6.54. The van der Waals surface area contributed by atoms with Crippen LogP contribution in [0.5, 0.6) is 0 Å². The summed E-state index contributed by atoms with van der Waals surface area (Å²) in [5.41, 5.74) is 0.268. The summed E-state index contributed by atoms with van der Waals surface area (Å²) in [5.74, 6) is 0.708. The highest BCUT2D eigenvalue weighted by molar-refractivity contribution is 6.33. The van der Waals surface area contributed by atoms with Crippen LogP contribution in [0.2, 0.25) is 5.02 Å². The molecule has 0 unspecified atom stereocenters. The Bertz CT molecular complexity index is 544. The van der Waals surface area contributed by atoms with Crippen molar-refractivity contribution >= 4 is 17.5 Å². The molecule has 1 amide bonds. The minimum atomic E-state index is -0.106. The van der Waals surface area contributed by atoms with Crippen molar-refractivity contribution in [2.24, 2.45) is 0 Å². The first-order valence-electron chi connectivity index (χ1n) is 7.25. The summed E-state index contributed by atoms with van der Waals surface area (Å²) in [5, 5.41) is 0.320. The van der Waals surface area contributed by atoms with Gasteiger partial charge in [-0.15, -0.1) is 0 Å². The van der Waals surface area contributed by atoms with Gasteiger partial charge in [0.05, 0.1) is 11.2 Å². The zero-order valence-corrected chi connectivity index (χ0v) is 14.1. The lowest BCUT2D eigenvalue weighted by Crippen LogP contribution is -2.59. The van der Waals surface area contributed by atoms with Gasteiger partial charge < -0.3 is 4.90 Å². The molecule has 0 atom stereocenters. The Labute approximate surface area is 131 Å². The van der Waals surface area contributed by atoms with Gasteiger partial charge in [-0.2, -0.15) is 0 Å². The molecule has 0 aromatic carbocycles. The van der Waals surface area contributed by atoms with Crippen molar-refractivity contribution in [1.29, 1.82) is 0 Å². The monoisotopic (exact) mass is 310 g/mol. The number of rotatable bonds is 2. The fourth-order valence-electron chi connectivity index (χ4n) is 2.37. The summed E-state index contributed by atoms with van der Waals surface area (Å²) >= 11 is 6.13. The number of carbonyl (C=O) groups is 1. The van der Waals surface area contributed by atoms with Gasteiger partial charge in [-0.05, 0) is 20.9 Å². The van der Waals surface area contributed by atoms with Gasteiger partial charge in [-0.3, -0.25) is 9.69 Å². The summed E-state index contributed by atoms with van der Waals surface area (Å²) in [7, 11) is 2.08. The zero-order valence-electron chi connectivity index (χ0n) is 13.4. The van der Waals surface area contributed by atoms with Gasteiger partial charge in [0.1, 0.15) is 5.82 Å². The Balaban J connectivity index is 2.26. The van der Waals surface area contributed by atoms with E-state index >= 15 is 0 Å². The molecule has 116 valence electrons. The Morgan fingerprint density at radius 2 is 2.05 bits per heavy atom. The zero-order chi connectivity index (χ0) is 15.8. The van der Waals surface area contributed by atoms with Gasteiger partial charge >= 0.3 is 0 Å². The fourth-order valence-corrected chi connectivity index (χ4v) is 2.54. The molecule has 0 saturated carbocycles. The molecule has 0 spiro atoms. The van der Waals surface area contributed by atoms with Gasteiger partial charge in [0.25, 0.3) is 5.91 Å². The first kappa shape index (κ1) is 16.2. The Hall–Kier alpha value is -1.20. The minimum absolute atomic E-state index is 0.0473. The van der Waals surface area contributed by atoms with E-state index in [9.17, 15) is 4.79 Å². The van der Waals surface area contributed by atoms with Crippen molar-refractivity contribution in [3.8, 4) is 0 Å². The lowest BCUT2D eigenvalue weighted by Gasteiger charge is -2.45. The highest BCUT2D eigenvalue weighted by Crippen LogP contribution is 2.23. The summed E-state index contributed by atoms with van der Waals surface area (Å²) in [6.45, 7) is 10.5. The van der Waals surface area contributed by atoms with Crippen LogP contribution in [0.3, 0.4) is 0 Å². The minimum Gasteiger partial charge on any atom is -0.334 e. The smallest absolute Gasteiger partial charge is 0.274 e. The Morgan fingerprint density at radius 1 is 1.38 bits per heavy atom. The Kier molecular flexibility index (Phi) is 4.54. The summed E-state index contributed by atoms with van der Waals surface area (Å²) < 4.78 is 0. The number of piperazine rings is 1. The van der Waals surface area contributed by atoms with Crippen LogP contribution in [0, 0.1) is 0 Å². The number of hydrogen-bond donors (Lipinski definition) is 0. The van der Waals surface area contributed by atoms with Crippen LogP contribution in [-0.4, -0.2) is 57.9 Å². The summed E-state index contributed by atoms with van der Waals surface area (Å²) in [4.78, 5) is 25.4. The normalized spacial score (nSPS) is 19.1. The van der Waals surface area contributed by atoms with Crippen molar-refractivity contribution in [2.75, 3.05) is 26.7 Å². The van der Waals surface area contributed by atoms with Gasteiger partial charge in [0.15, 0.2) is 5.69 Å². The first-order valence-corrected chi connectivity index (χ1v) is 7.63. The number of nitrogens with zero attached hydrogens (tertiary/aromatic N) is 4. The van der Waals surface area contributed by atoms with E-state index in [1.807, 2.05) is 18.7 Å². The average Bonchev–Trinajstić information content (AvgIpc) is 2.41. The van der Waals surface area contributed by atoms with Gasteiger partial charge in [-0.25, -0.2) is 9.97 Å². The number of likely N-dealkylation sites (N-methyl/N-ethyl adjacent to an activating group) is 1. The number of amides is 1. The second-order valence-corrected chi connectivity index (χ2v) is 6.95. The molecule has 21 heavy (non-hydrogen) atoms. The first-order chi connectivity index (χ1) is 9.72. The van der Waals surface area contributed by atoms with Crippen molar-refractivity contribution in [2.45, 2.75) is 39.2 Å². The quantitative estimate of drug-likeness (QED) is 0.842. The molecule has 1 aliphatic rings.